The van der Waals surface area contributed by atoms with Crippen molar-refractivity contribution in [1.29, 1.82) is 0 Å². The van der Waals surface area contributed by atoms with Crippen molar-refractivity contribution in [3.05, 3.63) is 65.5 Å². The van der Waals surface area contributed by atoms with Crippen molar-refractivity contribution in [2.24, 2.45) is 7.05 Å². The maximum Gasteiger partial charge on any atom is 0.0540 e. The third-order valence-electron chi connectivity index (χ3n) is 4.22. The van der Waals surface area contributed by atoms with Crippen LogP contribution in [0.25, 0.3) is 10.8 Å². The summed E-state index contributed by atoms with van der Waals surface area (Å²) in [7, 11) is 1.98. The summed E-state index contributed by atoms with van der Waals surface area (Å²) in [5.74, 6) is 0. The van der Waals surface area contributed by atoms with Crippen LogP contribution in [0.15, 0.2) is 48.7 Å². The Bertz CT molecular complexity index is 753. The van der Waals surface area contributed by atoms with Gasteiger partial charge in [-0.15, -0.1) is 0 Å². The number of aryl methyl sites for hydroxylation is 1. The first-order valence-corrected chi connectivity index (χ1v) is 7.35. The van der Waals surface area contributed by atoms with Crippen molar-refractivity contribution in [1.82, 2.24) is 15.1 Å². The molecule has 0 bridgehead atoms. The smallest absolute Gasteiger partial charge is 0.0540 e. The fraction of sp³-hybridized carbons (Fsp3) is 0.278. The van der Waals surface area contributed by atoms with Crippen LogP contribution in [0.3, 0.4) is 0 Å². The minimum absolute atomic E-state index is 0.290. The molecule has 21 heavy (non-hydrogen) atoms. The second-order valence-electron chi connectivity index (χ2n) is 5.55. The van der Waals surface area contributed by atoms with Crippen LogP contribution in [-0.4, -0.2) is 9.78 Å². The lowest BCUT2D eigenvalue weighted by atomic mass is 10.0. The topological polar surface area (TPSA) is 29.9 Å². The molecule has 0 radical (unpaired) electrons. The number of aromatic nitrogens is 2. The number of hydrogen-bond acceptors (Lipinski definition) is 2. The van der Waals surface area contributed by atoms with E-state index in [-0.39, 0.29) is 6.04 Å². The zero-order valence-corrected chi connectivity index (χ0v) is 12.8. The number of nitrogens with zero attached hydrogens (tertiary/aromatic N) is 2. The largest absolute Gasteiger partial charge is 0.306 e. The van der Waals surface area contributed by atoms with Crippen LogP contribution in [0.1, 0.15) is 29.8 Å². The standard InChI is InChI=1S/C18H21N3/c1-13(18-12-20-21(3)14(18)2)19-11-16-9-6-8-15-7-4-5-10-17(15)16/h4-10,12-13,19H,11H2,1-3H3. The maximum atomic E-state index is 4.32. The molecule has 3 nitrogen and oxygen atoms in total. The molecule has 3 aromatic rings. The molecule has 0 saturated carbocycles. The van der Waals surface area contributed by atoms with Gasteiger partial charge in [-0.2, -0.15) is 5.10 Å². The number of benzene rings is 2. The van der Waals surface area contributed by atoms with E-state index in [4.69, 9.17) is 0 Å². The van der Waals surface area contributed by atoms with Crippen molar-refractivity contribution >= 4 is 10.8 Å². The Kier molecular flexibility index (Phi) is 3.76. The Morgan fingerprint density at radius 1 is 1.14 bits per heavy atom. The first-order valence-electron chi connectivity index (χ1n) is 7.35. The van der Waals surface area contributed by atoms with Crippen LogP contribution < -0.4 is 5.32 Å². The lowest BCUT2D eigenvalue weighted by Crippen LogP contribution is -2.18. The summed E-state index contributed by atoms with van der Waals surface area (Å²) < 4.78 is 1.92. The van der Waals surface area contributed by atoms with Crippen LogP contribution in [0, 0.1) is 6.92 Å². The zero-order chi connectivity index (χ0) is 14.8. The summed E-state index contributed by atoms with van der Waals surface area (Å²) in [6.07, 6.45) is 1.95. The summed E-state index contributed by atoms with van der Waals surface area (Å²) in [4.78, 5) is 0. The molecule has 0 spiro atoms. The van der Waals surface area contributed by atoms with Gasteiger partial charge >= 0.3 is 0 Å². The van der Waals surface area contributed by atoms with Gasteiger partial charge in [0.1, 0.15) is 0 Å². The minimum atomic E-state index is 0.290. The summed E-state index contributed by atoms with van der Waals surface area (Å²) in [6, 6.07) is 15.3. The maximum absolute atomic E-state index is 4.32. The molecule has 1 heterocycles. The predicted molar refractivity (Wildman–Crippen MR) is 87.1 cm³/mol. The van der Waals surface area contributed by atoms with Crippen molar-refractivity contribution < 1.29 is 0 Å². The van der Waals surface area contributed by atoms with E-state index in [0.717, 1.165) is 6.54 Å². The number of fused-ring (bicyclic) bond motifs is 1. The Morgan fingerprint density at radius 3 is 2.67 bits per heavy atom. The minimum Gasteiger partial charge on any atom is -0.306 e. The van der Waals surface area contributed by atoms with Crippen molar-refractivity contribution in [2.45, 2.75) is 26.4 Å². The molecule has 0 fully saturated rings. The average Bonchev–Trinajstić information content (AvgIpc) is 2.84. The molecule has 3 rings (SSSR count). The molecular weight excluding hydrogens is 258 g/mol. The van der Waals surface area contributed by atoms with Gasteiger partial charge in [-0.1, -0.05) is 42.5 Å². The van der Waals surface area contributed by atoms with Crippen molar-refractivity contribution in [2.75, 3.05) is 0 Å². The second kappa shape index (κ2) is 5.70. The molecular formula is C18H21N3. The Labute approximate surface area is 125 Å². The highest BCUT2D eigenvalue weighted by molar-refractivity contribution is 5.85. The quantitative estimate of drug-likeness (QED) is 0.788. The summed E-state index contributed by atoms with van der Waals surface area (Å²) in [6.45, 7) is 5.16. The van der Waals surface area contributed by atoms with Gasteiger partial charge in [-0.25, -0.2) is 0 Å². The highest BCUT2D eigenvalue weighted by Crippen LogP contribution is 2.20. The van der Waals surface area contributed by atoms with Gasteiger partial charge in [0, 0.05) is 30.9 Å². The van der Waals surface area contributed by atoms with Crippen LogP contribution in [-0.2, 0) is 13.6 Å². The highest BCUT2D eigenvalue weighted by Gasteiger charge is 2.11. The van der Waals surface area contributed by atoms with Gasteiger partial charge in [0.25, 0.3) is 0 Å². The van der Waals surface area contributed by atoms with E-state index in [9.17, 15) is 0 Å². The molecule has 1 unspecified atom stereocenters. The molecule has 2 aromatic carbocycles. The van der Waals surface area contributed by atoms with Gasteiger partial charge < -0.3 is 5.32 Å². The van der Waals surface area contributed by atoms with Crippen LogP contribution in [0.5, 0.6) is 0 Å². The number of hydrogen-bond donors (Lipinski definition) is 1. The lowest BCUT2D eigenvalue weighted by Gasteiger charge is -2.15. The Balaban J connectivity index is 1.79. The highest BCUT2D eigenvalue weighted by atomic mass is 15.3. The fourth-order valence-electron chi connectivity index (χ4n) is 2.76. The van der Waals surface area contributed by atoms with Gasteiger partial charge in [0.15, 0.2) is 0 Å². The zero-order valence-electron chi connectivity index (χ0n) is 12.8. The van der Waals surface area contributed by atoms with Gasteiger partial charge in [-0.05, 0) is 30.2 Å². The first kappa shape index (κ1) is 13.8. The van der Waals surface area contributed by atoms with E-state index >= 15 is 0 Å². The molecule has 1 aromatic heterocycles. The van der Waals surface area contributed by atoms with E-state index in [1.807, 2.05) is 17.9 Å². The molecule has 3 heteroatoms. The monoisotopic (exact) mass is 279 g/mol. The first-order chi connectivity index (χ1) is 10.2. The summed E-state index contributed by atoms with van der Waals surface area (Å²) in [5.41, 5.74) is 3.81. The van der Waals surface area contributed by atoms with Crippen LogP contribution in [0.4, 0.5) is 0 Å². The third-order valence-corrected chi connectivity index (χ3v) is 4.22. The molecule has 1 N–H and O–H groups in total. The van der Waals surface area contributed by atoms with Gasteiger partial charge in [0.2, 0.25) is 0 Å². The van der Waals surface area contributed by atoms with E-state index in [1.54, 1.807) is 0 Å². The van der Waals surface area contributed by atoms with Crippen LogP contribution in [0.2, 0.25) is 0 Å². The average molecular weight is 279 g/mol. The van der Waals surface area contributed by atoms with Crippen molar-refractivity contribution in [3.63, 3.8) is 0 Å². The predicted octanol–water partition coefficient (Wildman–Crippen LogP) is 3.73. The van der Waals surface area contributed by atoms with E-state index in [1.165, 1.54) is 27.6 Å². The number of rotatable bonds is 4. The fourth-order valence-corrected chi connectivity index (χ4v) is 2.76. The van der Waals surface area contributed by atoms with Crippen LogP contribution >= 0.6 is 0 Å². The SMILES string of the molecule is Cc1c(C(C)NCc2cccc3ccccc23)cnn1C. The molecule has 0 saturated heterocycles. The van der Waals surface area contributed by atoms with E-state index in [0.29, 0.717) is 0 Å². The third kappa shape index (κ3) is 2.69. The van der Waals surface area contributed by atoms with Gasteiger partial charge in [0.05, 0.1) is 6.20 Å². The number of nitrogens with one attached hydrogen (secondary N) is 1. The Morgan fingerprint density at radius 2 is 1.90 bits per heavy atom. The molecule has 108 valence electrons. The molecule has 1 atom stereocenters. The Hall–Kier alpha value is -2.13. The molecule has 0 aliphatic carbocycles. The summed E-state index contributed by atoms with van der Waals surface area (Å²) in [5, 5.41) is 10.5. The lowest BCUT2D eigenvalue weighted by molar-refractivity contribution is 0.572. The van der Waals surface area contributed by atoms with Crippen molar-refractivity contribution in [3.8, 4) is 0 Å². The summed E-state index contributed by atoms with van der Waals surface area (Å²) >= 11 is 0. The molecule has 0 aliphatic heterocycles. The molecule has 0 aliphatic rings. The normalized spacial score (nSPS) is 12.7. The van der Waals surface area contributed by atoms with Gasteiger partial charge in [-0.3, -0.25) is 4.68 Å². The van der Waals surface area contributed by atoms with E-state index in [2.05, 4.69) is 66.7 Å². The molecule has 0 amide bonds. The second-order valence-corrected chi connectivity index (χ2v) is 5.55. The van der Waals surface area contributed by atoms with E-state index < -0.39 is 0 Å².